The van der Waals surface area contributed by atoms with Gasteiger partial charge in [-0.3, -0.25) is 0 Å². The van der Waals surface area contributed by atoms with E-state index in [4.69, 9.17) is 14.9 Å². The molecule has 0 radical (unpaired) electrons. The standard InChI is InChI=1S/C6H10O3/c7-1-3-4-2-9-6(8)5(3)4/h3-8H,1-2H2/t3-,4+,5-,6+/m0/s1. The van der Waals surface area contributed by atoms with Gasteiger partial charge in [0.1, 0.15) is 0 Å². The summed E-state index contributed by atoms with van der Waals surface area (Å²) in [6, 6.07) is 0. The van der Waals surface area contributed by atoms with E-state index in [0.717, 1.165) is 0 Å². The van der Waals surface area contributed by atoms with E-state index in [9.17, 15) is 0 Å². The van der Waals surface area contributed by atoms with Gasteiger partial charge in [-0.15, -0.1) is 0 Å². The van der Waals surface area contributed by atoms with Gasteiger partial charge in [-0.1, -0.05) is 0 Å². The molecule has 2 N–H and O–H groups in total. The van der Waals surface area contributed by atoms with Gasteiger partial charge in [0.15, 0.2) is 6.29 Å². The van der Waals surface area contributed by atoms with Crippen molar-refractivity contribution >= 4 is 0 Å². The molecule has 0 aromatic rings. The van der Waals surface area contributed by atoms with Crippen LogP contribution in [0.4, 0.5) is 0 Å². The molecule has 2 rings (SSSR count). The number of hydrogen-bond acceptors (Lipinski definition) is 3. The first-order valence-electron chi connectivity index (χ1n) is 3.25. The first kappa shape index (κ1) is 5.65. The van der Waals surface area contributed by atoms with Gasteiger partial charge >= 0.3 is 0 Å². The number of rotatable bonds is 1. The molecule has 3 nitrogen and oxygen atoms in total. The Bertz CT molecular complexity index is 121. The van der Waals surface area contributed by atoms with Crippen LogP contribution in [0.1, 0.15) is 0 Å². The van der Waals surface area contributed by atoms with Crippen molar-refractivity contribution in [2.75, 3.05) is 13.2 Å². The Morgan fingerprint density at radius 3 is 2.67 bits per heavy atom. The highest BCUT2D eigenvalue weighted by Gasteiger charge is 2.58. The molecule has 0 bridgehead atoms. The molecule has 0 spiro atoms. The Hall–Kier alpha value is -0.120. The lowest BCUT2D eigenvalue weighted by molar-refractivity contribution is -0.0913. The van der Waals surface area contributed by atoms with E-state index in [1.165, 1.54) is 0 Å². The van der Waals surface area contributed by atoms with Crippen molar-refractivity contribution in [2.45, 2.75) is 6.29 Å². The molecule has 1 aliphatic carbocycles. The lowest BCUT2D eigenvalue weighted by Crippen LogP contribution is -2.13. The second-order valence-electron chi connectivity index (χ2n) is 2.81. The van der Waals surface area contributed by atoms with Crippen LogP contribution >= 0.6 is 0 Å². The third kappa shape index (κ3) is 0.625. The molecule has 2 fully saturated rings. The molecule has 0 unspecified atom stereocenters. The quantitative estimate of drug-likeness (QED) is 0.488. The minimum absolute atomic E-state index is 0.204. The molecule has 1 heterocycles. The van der Waals surface area contributed by atoms with Crippen LogP contribution in [0.2, 0.25) is 0 Å². The number of fused-ring (bicyclic) bond motifs is 1. The minimum atomic E-state index is -0.591. The summed E-state index contributed by atoms with van der Waals surface area (Å²) in [5, 5.41) is 17.7. The first-order valence-corrected chi connectivity index (χ1v) is 3.25. The maximum atomic E-state index is 9.01. The Labute approximate surface area is 53.3 Å². The van der Waals surface area contributed by atoms with Crippen molar-refractivity contribution in [1.82, 2.24) is 0 Å². The van der Waals surface area contributed by atoms with E-state index < -0.39 is 6.29 Å². The second-order valence-corrected chi connectivity index (χ2v) is 2.81. The molecule has 2 aliphatic rings. The van der Waals surface area contributed by atoms with E-state index in [2.05, 4.69) is 0 Å². The van der Waals surface area contributed by atoms with Crippen LogP contribution in [-0.2, 0) is 4.74 Å². The molecule has 3 heteroatoms. The van der Waals surface area contributed by atoms with Crippen LogP contribution in [-0.4, -0.2) is 29.7 Å². The van der Waals surface area contributed by atoms with Crippen molar-refractivity contribution in [3.8, 4) is 0 Å². The highest BCUT2D eigenvalue weighted by molar-refractivity contribution is 5.01. The van der Waals surface area contributed by atoms with Crippen molar-refractivity contribution < 1.29 is 14.9 Å². The van der Waals surface area contributed by atoms with Crippen LogP contribution < -0.4 is 0 Å². The Morgan fingerprint density at radius 1 is 1.56 bits per heavy atom. The summed E-state index contributed by atoms with van der Waals surface area (Å²) in [4.78, 5) is 0. The smallest absolute Gasteiger partial charge is 0.158 e. The first-order chi connectivity index (χ1) is 4.34. The number of ether oxygens (including phenoxy) is 1. The van der Waals surface area contributed by atoms with E-state index in [1.54, 1.807) is 0 Å². The number of aliphatic hydroxyl groups is 2. The van der Waals surface area contributed by atoms with Crippen LogP contribution in [0.3, 0.4) is 0 Å². The zero-order valence-electron chi connectivity index (χ0n) is 5.03. The lowest BCUT2D eigenvalue weighted by Gasteiger charge is -2.05. The number of aliphatic hydroxyl groups excluding tert-OH is 2. The van der Waals surface area contributed by atoms with Gasteiger partial charge in [0.05, 0.1) is 6.61 Å². The molecular weight excluding hydrogens is 120 g/mol. The van der Waals surface area contributed by atoms with Crippen LogP contribution in [0.15, 0.2) is 0 Å². The van der Waals surface area contributed by atoms with Gasteiger partial charge in [0, 0.05) is 12.5 Å². The minimum Gasteiger partial charge on any atom is -0.396 e. The summed E-state index contributed by atoms with van der Waals surface area (Å²) >= 11 is 0. The number of hydrogen-bond donors (Lipinski definition) is 2. The third-order valence-electron chi connectivity index (χ3n) is 2.40. The fourth-order valence-corrected chi connectivity index (χ4v) is 1.71. The zero-order valence-corrected chi connectivity index (χ0v) is 5.03. The van der Waals surface area contributed by atoms with Gasteiger partial charge in [0.2, 0.25) is 0 Å². The average molecular weight is 130 g/mol. The summed E-state index contributed by atoms with van der Waals surface area (Å²) < 4.78 is 4.89. The summed E-state index contributed by atoms with van der Waals surface area (Å²) in [6.07, 6.45) is -0.591. The summed E-state index contributed by atoms with van der Waals surface area (Å²) in [7, 11) is 0. The summed E-state index contributed by atoms with van der Waals surface area (Å²) in [5.41, 5.74) is 0. The van der Waals surface area contributed by atoms with E-state index in [1.807, 2.05) is 0 Å². The van der Waals surface area contributed by atoms with Crippen molar-refractivity contribution in [2.24, 2.45) is 17.8 Å². The van der Waals surface area contributed by atoms with Gasteiger partial charge in [-0.25, -0.2) is 0 Å². The van der Waals surface area contributed by atoms with Crippen molar-refractivity contribution in [3.63, 3.8) is 0 Å². The molecule has 0 amide bonds. The predicted molar refractivity (Wildman–Crippen MR) is 29.5 cm³/mol. The van der Waals surface area contributed by atoms with E-state index >= 15 is 0 Å². The van der Waals surface area contributed by atoms with Crippen molar-refractivity contribution in [1.29, 1.82) is 0 Å². The van der Waals surface area contributed by atoms with Gasteiger partial charge < -0.3 is 14.9 Å². The molecule has 0 aromatic carbocycles. The largest absolute Gasteiger partial charge is 0.396 e. The summed E-state index contributed by atoms with van der Waals surface area (Å²) in [6.45, 7) is 0.840. The summed E-state index contributed by atoms with van der Waals surface area (Å²) in [5.74, 6) is 1.02. The Balaban J connectivity index is 1.98. The van der Waals surface area contributed by atoms with Crippen molar-refractivity contribution in [3.05, 3.63) is 0 Å². The molecule has 9 heavy (non-hydrogen) atoms. The lowest BCUT2D eigenvalue weighted by atomic mass is 10.3. The molecule has 0 aromatic heterocycles. The fraction of sp³-hybridized carbons (Fsp3) is 1.00. The van der Waals surface area contributed by atoms with Crippen LogP contribution in [0.25, 0.3) is 0 Å². The zero-order chi connectivity index (χ0) is 6.43. The Kier molecular flexibility index (Phi) is 1.06. The molecule has 52 valence electrons. The molecule has 1 aliphatic heterocycles. The third-order valence-corrected chi connectivity index (χ3v) is 2.40. The SMILES string of the molecule is OC[C@H]1[C@H]2CO[C@@H](O)[C@H]21. The molecular formula is C6H10O3. The van der Waals surface area contributed by atoms with Gasteiger partial charge in [-0.05, 0) is 11.8 Å². The fourth-order valence-electron chi connectivity index (χ4n) is 1.71. The van der Waals surface area contributed by atoms with E-state index in [0.29, 0.717) is 18.4 Å². The maximum Gasteiger partial charge on any atom is 0.158 e. The average Bonchev–Trinajstić information content (AvgIpc) is 2.46. The normalized spacial score (nSPS) is 55.3. The Morgan fingerprint density at radius 2 is 2.33 bits per heavy atom. The molecule has 1 saturated heterocycles. The highest BCUT2D eigenvalue weighted by atomic mass is 16.6. The monoisotopic (exact) mass is 130 g/mol. The van der Waals surface area contributed by atoms with Gasteiger partial charge in [-0.2, -0.15) is 0 Å². The second kappa shape index (κ2) is 1.68. The van der Waals surface area contributed by atoms with Crippen LogP contribution in [0, 0.1) is 17.8 Å². The predicted octanol–water partition coefficient (Wildman–Crippen LogP) is -0.811. The maximum absolute atomic E-state index is 9.01. The molecule has 4 atom stereocenters. The topological polar surface area (TPSA) is 49.7 Å². The van der Waals surface area contributed by atoms with Gasteiger partial charge in [0.25, 0.3) is 0 Å². The van der Waals surface area contributed by atoms with Crippen LogP contribution in [0.5, 0.6) is 0 Å². The van der Waals surface area contributed by atoms with E-state index in [-0.39, 0.29) is 12.5 Å². The molecule has 1 saturated carbocycles. The highest BCUT2D eigenvalue weighted by Crippen LogP contribution is 2.52.